The molecule has 0 saturated carbocycles. The van der Waals surface area contributed by atoms with Gasteiger partial charge in [-0.25, -0.2) is 13.2 Å². The van der Waals surface area contributed by atoms with Gasteiger partial charge in [0.1, 0.15) is 0 Å². The van der Waals surface area contributed by atoms with Crippen LogP contribution < -0.4 is 5.32 Å². The van der Waals surface area contributed by atoms with Crippen LogP contribution in [0.4, 0.5) is 0 Å². The van der Waals surface area contributed by atoms with E-state index in [4.69, 9.17) is 0 Å². The van der Waals surface area contributed by atoms with Gasteiger partial charge in [-0.05, 0) is 31.0 Å². The molecule has 1 aromatic carbocycles. The van der Waals surface area contributed by atoms with E-state index < -0.39 is 16.0 Å². The minimum atomic E-state index is -3.87. The third-order valence-corrected chi connectivity index (χ3v) is 6.26. The molecule has 0 aliphatic carbocycles. The molecule has 150 valence electrons. The Hall–Kier alpha value is -1.97. The number of carbonyl (C=O) groups excluding carboxylic acids is 1. The van der Waals surface area contributed by atoms with Crippen LogP contribution in [0, 0.1) is 0 Å². The van der Waals surface area contributed by atoms with Gasteiger partial charge in [0.25, 0.3) is 5.91 Å². The first kappa shape index (κ1) is 21.3. The van der Waals surface area contributed by atoms with Gasteiger partial charge in [-0.3, -0.25) is 4.79 Å². The van der Waals surface area contributed by atoms with Crippen LogP contribution in [0.1, 0.15) is 47.4 Å². The van der Waals surface area contributed by atoms with Crippen LogP contribution in [0.25, 0.3) is 0 Å². The van der Waals surface area contributed by atoms with Crippen LogP contribution in [-0.2, 0) is 10.0 Å². The number of hydrogen-bond donors (Lipinski definition) is 2. The monoisotopic (exact) mass is 397 g/mol. The molecule has 27 heavy (non-hydrogen) atoms. The third-order valence-electron chi connectivity index (χ3n) is 4.39. The zero-order chi connectivity index (χ0) is 20.0. The van der Waals surface area contributed by atoms with Gasteiger partial charge in [-0.1, -0.05) is 13.8 Å². The number of carbonyl (C=O) groups is 2. The molecule has 1 aromatic rings. The zero-order valence-electron chi connectivity index (χ0n) is 15.8. The van der Waals surface area contributed by atoms with Crippen molar-refractivity contribution in [1.82, 2.24) is 14.5 Å². The van der Waals surface area contributed by atoms with Crippen molar-refractivity contribution in [3.05, 3.63) is 29.3 Å². The van der Waals surface area contributed by atoms with Crippen LogP contribution in [0.15, 0.2) is 23.1 Å². The molecule has 9 heteroatoms. The largest absolute Gasteiger partial charge is 0.478 e. The fraction of sp³-hybridized carbons (Fsp3) is 0.556. The summed E-state index contributed by atoms with van der Waals surface area (Å²) in [5.74, 6) is -1.61. The van der Waals surface area contributed by atoms with E-state index in [-0.39, 0.29) is 21.9 Å². The topological polar surface area (TPSA) is 107 Å². The summed E-state index contributed by atoms with van der Waals surface area (Å²) in [4.78, 5) is 25.9. The first-order valence-electron chi connectivity index (χ1n) is 9.19. The molecule has 2 rings (SSSR count). The van der Waals surface area contributed by atoms with E-state index in [0.29, 0.717) is 39.3 Å². The molecule has 0 atom stereocenters. The molecule has 1 aliphatic heterocycles. The first-order valence-corrected chi connectivity index (χ1v) is 10.6. The van der Waals surface area contributed by atoms with Gasteiger partial charge in [-0.2, -0.15) is 4.31 Å². The number of benzene rings is 1. The molecular weight excluding hydrogens is 370 g/mol. The lowest BCUT2D eigenvalue weighted by Crippen LogP contribution is -2.46. The van der Waals surface area contributed by atoms with Gasteiger partial charge in [0.2, 0.25) is 10.0 Å². The summed E-state index contributed by atoms with van der Waals surface area (Å²) >= 11 is 0. The van der Waals surface area contributed by atoms with Crippen molar-refractivity contribution in [3.8, 4) is 0 Å². The van der Waals surface area contributed by atoms with Gasteiger partial charge in [-0.15, -0.1) is 0 Å². The first-order chi connectivity index (χ1) is 12.8. The molecule has 0 unspecified atom stereocenters. The summed E-state index contributed by atoms with van der Waals surface area (Å²) in [6.45, 7) is 6.64. The second-order valence-corrected chi connectivity index (χ2v) is 8.44. The summed E-state index contributed by atoms with van der Waals surface area (Å²) < 4.78 is 27.2. The number of rotatable bonds is 8. The van der Waals surface area contributed by atoms with Crippen LogP contribution in [0.5, 0.6) is 0 Å². The van der Waals surface area contributed by atoms with E-state index in [1.54, 1.807) is 4.90 Å². The molecule has 1 amide bonds. The average molecular weight is 397 g/mol. The third kappa shape index (κ3) is 5.06. The normalized spacial score (nSPS) is 15.5. The Kier molecular flexibility index (Phi) is 7.34. The number of aromatic carboxylic acids is 1. The van der Waals surface area contributed by atoms with E-state index in [9.17, 15) is 23.1 Å². The number of nitrogens with zero attached hydrogens (tertiary/aromatic N) is 2. The maximum Gasteiger partial charge on any atom is 0.335 e. The highest BCUT2D eigenvalue weighted by Gasteiger charge is 2.28. The van der Waals surface area contributed by atoms with Crippen molar-refractivity contribution in [2.24, 2.45) is 0 Å². The highest BCUT2D eigenvalue weighted by Crippen LogP contribution is 2.21. The maximum atomic E-state index is 12.9. The summed E-state index contributed by atoms with van der Waals surface area (Å²) in [5, 5.41) is 12.5. The fourth-order valence-corrected chi connectivity index (χ4v) is 4.58. The Morgan fingerprint density at radius 3 is 2.15 bits per heavy atom. The number of amides is 1. The van der Waals surface area contributed by atoms with Gasteiger partial charge < -0.3 is 15.3 Å². The molecule has 1 heterocycles. The minimum Gasteiger partial charge on any atom is -0.478 e. The highest BCUT2D eigenvalue weighted by atomic mass is 32.2. The van der Waals surface area contributed by atoms with Gasteiger partial charge in [0.15, 0.2) is 0 Å². The average Bonchev–Trinajstić information content (AvgIpc) is 2.67. The van der Waals surface area contributed by atoms with E-state index in [0.717, 1.165) is 18.9 Å². The van der Waals surface area contributed by atoms with Crippen molar-refractivity contribution < 1.29 is 23.1 Å². The predicted molar refractivity (Wildman–Crippen MR) is 102 cm³/mol. The van der Waals surface area contributed by atoms with Crippen molar-refractivity contribution in [3.63, 3.8) is 0 Å². The van der Waals surface area contributed by atoms with Crippen LogP contribution in [-0.4, -0.2) is 73.9 Å². The van der Waals surface area contributed by atoms with Crippen molar-refractivity contribution in [2.75, 3.05) is 39.3 Å². The Morgan fingerprint density at radius 1 is 1.07 bits per heavy atom. The Bertz CT molecular complexity index is 782. The molecule has 0 spiro atoms. The summed E-state index contributed by atoms with van der Waals surface area (Å²) in [6.07, 6.45) is 1.52. The van der Waals surface area contributed by atoms with E-state index in [1.165, 1.54) is 16.4 Å². The number of piperazine rings is 1. The molecule has 0 bridgehead atoms. The van der Waals surface area contributed by atoms with E-state index in [2.05, 4.69) is 5.32 Å². The molecule has 8 nitrogen and oxygen atoms in total. The van der Waals surface area contributed by atoms with Crippen LogP contribution in [0.3, 0.4) is 0 Å². The molecule has 1 fully saturated rings. The summed E-state index contributed by atoms with van der Waals surface area (Å²) in [6, 6.07) is 3.67. The summed E-state index contributed by atoms with van der Waals surface area (Å²) in [5.41, 5.74) is -0.118. The lowest BCUT2D eigenvalue weighted by Gasteiger charge is -2.27. The predicted octanol–water partition coefficient (Wildman–Crippen LogP) is 1.24. The lowest BCUT2D eigenvalue weighted by molar-refractivity contribution is 0.0696. The Balaban J connectivity index is 2.47. The molecule has 2 N–H and O–H groups in total. The highest BCUT2D eigenvalue weighted by molar-refractivity contribution is 7.89. The molecular formula is C18H27N3O5S. The SMILES string of the molecule is CCCN(CCC)C(=O)c1cc(C(=O)O)cc(S(=O)(=O)N2CCNCC2)c1. The quantitative estimate of drug-likeness (QED) is 0.683. The number of sulfonamides is 1. The molecule has 0 aromatic heterocycles. The number of carboxylic acids is 1. The maximum absolute atomic E-state index is 12.9. The van der Waals surface area contributed by atoms with Crippen molar-refractivity contribution in [2.45, 2.75) is 31.6 Å². The summed E-state index contributed by atoms with van der Waals surface area (Å²) in [7, 11) is -3.87. The zero-order valence-corrected chi connectivity index (χ0v) is 16.6. The van der Waals surface area contributed by atoms with Crippen LogP contribution >= 0.6 is 0 Å². The fourth-order valence-electron chi connectivity index (χ4n) is 3.07. The second kappa shape index (κ2) is 9.29. The van der Waals surface area contributed by atoms with Gasteiger partial charge >= 0.3 is 5.97 Å². The van der Waals surface area contributed by atoms with Crippen molar-refractivity contribution >= 4 is 21.9 Å². The van der Waals surface area contributed by atoms with E-state index in [1.807, 2.05) is 13.8 Å². The molecule has 1 saturated heterocycles. The molecule has 0 radical (unpaired) electrons. The number of nitrogens with one attached hydrogen (secondary N) is 1. The van der Waals surface area contributed by atoms with Crippen LogP contribution in [0.2, 0.25) is 0 Å². The van der Waals surface area contributed by atoms with Gasteiger partial charge in [0.05, 0.1) is 10.5 Å². The Labute approximate surface area is 160 Å². The smallest absolute Gasteiger partial charge is 0.335 e. The number of carboxylic acid groups (broad SMARTS) is 1. The number of hydrogen-bond acceptors (Lipinski definition) is 5. The Morgan fingerprint density at radius 2 is 1.63 bits per heavy atom. The standard InChI is InChI=1S/C18H27N3O5S/c1-3-7-20(8-4-2)17(22)14-11-15(18(23)24)13-16(12-14)27(25,26)21-9-5-19-6-10-21/h11-13,19H,3-10H2,1-2H3,(H,23,24). The second-order valence-electron chi connectivity index (χ2n) is 6.50. The molecule has 1 aliphatic rings. The van der Waals surface area contributed by atoms with E-state index >= 15 is 0 Å². The minimum absolute atomic E-state index is 0.0884. The lowest BCUT2D eigenvalue weighted by atomic mass is 10.1. The van der Waals surface area contributed by atoms with Gasteiger partial charge in [0, 0.05) is 44.8 Å². The van der Waals surface area contributed by atoms with Crippen molar-refractivity contribution in [1.29, 1.82) is 0 Å².